The Morgan fingerprint density at radius 1 is 0.926 bits per heavy atom. The van der Waals surface area contributed by atoms with Crippen LogP contribution < -0.4 is 0 Å². The number of halogens is 4. The molecule has 3 aliphatic rings. The first kappa shape index (κ1) is 19.2. The molecule has 150 valence electrons. The highest BCUT2D eigenvalue weighted by molar-refractivity contribution is 5.33. The van der Waals surface area contributed by atoms with Crippen LogP contribution in [0.25, 0.3) is 0 Å². The van der Waals surface area contributed by atoms with Crippen molar-refractivity contribution in [2.24, 2.45) is 29.6 Å². The minimum absolute atomic E-state index is 0.179. The van der Waals surface area contributed by atoms with Gasteiger partial charge >= 0.3 is 6.36 Å². The molecule has 2 fully saturated rings. The molecule has 0 bridgehead atoms. The number of aryl methyl sites for hydroxylation is 1. The van der Waals surface area contributed by atoms with E-state index in [0.29, 0.717) is 24.3 Å². The van der Waals surface area contributed by atoms with Gasteiger partial charge in [-0.05, 0) is 97.8 Å². The number of rotatable bonds is 2. The third kappa shape index (κ3) is 4.18. The molecule has 5 heteroatoms. The summed E-state index contributed by atoms with van der Waals surface area (Å²) in [6.07, 6.45) is 2.40. The van der Waals surface area contributed by atoms with Crippen molar-refractivity contribution in [3.8, 4) is 0 Å². The van der Waals surface area contributed by atoms with Crippen LogP contribution in [-0.4, -0.2) is 6.36 Å². The van der Waals surface area contributed by atoms with Gasteiger partial charge in [0, 0.05) is 0 Å². The van der Waals surface area contributed by atoms with Crippen LogP contribution in [0, 0.1) is 35.4 Å². The van der Waals surface area contributed by atoms with Crippen molar-refractivity contribution >= 4 is 0 Å². The summed E-state index contributed by atoms with van der Waals surface area (Å²) < 4.78 is 57.9. The van der Waals surface area contributed by atoms with Crippen LogP contribution in [0.1, 0.15) is 69.1 Å². The van der Waals surface area contributed by atoms with E-state index < -0.39 is 18.3 Å². The molecular weight excluding hydrogens is 356 g/mol. The van der Waals surface area contributed by atoms with Crippen LogP contribution in [0.15, 0.2) is 18.2 Å². The molecule has 0 spiro atoms. The summed E-state index contributed by atoms with van der Waals surface area (Å²) in [7, 11) is 0. The quantitative estimate of drug-likeness (QED) is 0.509. The normalized spacial score (nSPS) is 36.8. The van der Waals surface area contributed by atoms with E-state index in [1.807, 2.05) is 0 Å². The van der Waals surface area contributed by atoms with E-state index in [1.54, 1.807) is 6.07 Å². The Labute approximate surface area is 158 Å². The third-order valence-corrected chi connectivity index (χ3v) is 7.33. The van der Waals surface area contributed by atoms with Crippen LogP contribution in [0.3, 0.4) is 0 Å². The lowest BCUT2D eigenvalue weighted by atomic mass is 9.61. The van der Waals surface area contributed by atoms with Crippen molar-refractivity contribution in [1.29, 1.82) is 0 Å². The van der Waals surface area contributed by atoms with E-state index >= 15 is 0 Å². The zero-order valence-electron chi connectivity index (χ0n) is 15.8. The van der Waals surface area contributed by atoms with Gasteiger partial charge in [0.25, 0.3) is 0 Å². The molecule has 4 rings (SSSR count). The maximum Gasteiger partial charge on any atom is 0.523 e. The Balaban J connectivity index is 1.57. The smallest absolute Gasteiger partial charge is 0.283 e. The third-order valence-electron chi connectivity index (χ3n) is 7.33. The lowest BCUT2D eigenvalue weighted by Gasteiger charge is -2.46. The molecular formula is C22H28F4O. The average molecular weight is 384 g/mol. The Kier molecular flexibility index (Phi) is 5.26. The summed E-state index contributed by atoms with van der Waals surface area (Å²) in [6, 6.07) is 4.21. The monoisotopic (exact) mass is 384 g/mol. The summed E-state index contributed by atoms with van der Waals surface area (Å²) in [4.78, 5) is 0. The van der Waals surface area contributed by atoms with Crippen molar-refractivity contribution < 1.29 is 22.3 Å². The van der Waals surface area contributed by atoms with E-state index in [0.717, 1.165) is 36.7 Å². The molecule has 0 aliphatic heterocycles. The van der Waals surface area contributed by atoms with Gasteiger partial charge in [-0.1, -0.05) is 19.4 Å². The molecule has 0 saturated heterocycles. The van der Waals surface area contributed by atoms with Gasteiger partial charge in [-0.15, -0.1) is 13.2 Å². The van der Waals surface area contributed by atoms with E-state index in [-0.39, 0.29) is 11.8 Å². The van der Waals surface area contributed by atoms with Crippen LogP contribution >= 0.6 is 0 Å². The second kappa shape index (κ2) is 7.38. The van der Waals surface area contributed by atoms with Crippen LogP contribution in [0.4, 0.5) is 17.6 Å². The van der Waals surface area contributed by atoms with Crippen molar-refractivity contribution in [3.05, 3.63) is 35.1 Å². The molecule has 1 aromatic rings. The predicted molar refractivity (Wildman–Crippen MR) is 95.4 cm³/mol. The molecule has 1 nitrogen and oxygen atoms in total. The van der Waals surface area contributed by atoms with Crippen molar-refractivity contribution in [1.82, 2.24) is 0 Å². The topological polar surface area (TPSA) is 9.23 Å². The molecule has 1 aromatic carbocycles. The van der Waals surface area contributed by atoms with Gasteiger partial charge in [-0.3, -0.25) is 4.74 Å². The maximum atomic E-state index is 13.8. The molecule has 0 amide bonds. The summed E-state index contributed by atoms with van der Waals surface area (Å²) in [5.41, 5.74) is 1.20. The Hall–Kier alpha value is -1.10. The number of hydrogen-bond donors (Lipinski definition) is 0. The first-order valence-corrected chi connectivity index (χ1v) is 10.3. The fraction of sp³-hybridized carbons (Fsp3) is 0.727. The van der Waals surface area contributed by atoms with Gasteiger partial charge in [0.15, 0.2) is 0 Å². The maximum absolute atomic E-state index is 13.8. The lowest BCUT2D eigenvalue weighted by molar-refractivity contribution is -0.354. The Morgan fingerprint density at radius 3 is 2.41 bits per heavy atom. The van der Waals surface area contributed by atoms with E-state index in [9.17, 15) is 17.6 Å². The zero-order chi connectivity index (χ0) is 19.2. The van der Waals surface area contributed by atoms with E-state index in [2.05, 4.69) is 11.7 Å². The van der Waals surface area contributed by atoms with Crippen molar-refractivity contribution in [2.45, 2.75) is 70.8 Å². The SMILES string of the molecule is CC1CCC2CC(C3CCc4ccc(F)cc4C3OC(F)(F)F)CCC2C1. The standard InChI is InChI=1S/C22H28F4O/c1-13-2-3-16-11-17(5-4-15(16)10-13)19-9-7-14-6-8-18(23)12-20(14)21(19)27-22(24,25)26/h6,8,12-13,15-17,19,21H,2-5,7,9-11H2,1H3. The molecule has 0 N–H and O–H groups in total. The molecule has 0 heterocycles. The fourth-order valence-electron chi connectivity index (χ4n) is 6.09. The van der Waals surface area contributed by atoms with Crippen LogP contribution in [-0.2, 0) is 11.2 Å². The lowest BCUT2D eigenvalue weighted by Crippen LogP contribution is -2.38. The van der Waals surface area contributed by atoms with Crippen molar-refractivity contribution in [3.63, 3.8) is 0 Å². The highest BCUT2D eigenvalue weighted by Crippen LogP contribution is 2.52. The zero-order valence-corrected chi connectivity index (χ0v) is 15.8. The van der Waals surface area contributed by atoms with Crippen LogP contribution in [0.5, 0.6) is 0 Å². The number of alkyl halides is 3. The van der Waals surface area contributed by atoms with Gasteiger partial charge in [-0.2, -0.15) is 0 Å². The average Bonchev–Trinajstić information content (AvgIpc) is 2.60. The number of fused-ring (bicyclic) bond motifs is 2. The van der Waals surface area contributed by atoms with Gasteiger partial charge in [0.1, 0.15) is 5.82 Å². The van der Waals surface area contributed by atoms with Gasteiger partial charge < -0.3 is 0 Å². The molecule has 0 radical (unpaired) electrons. The summed E-state index contributed by atoms with van der Waals surface area (Å²) >= 11 is 0. The van der Waals surface area contributed by atoms with Crippen LogP contribution in [0.2, 0.25) is 0 Å². The summed E-state index contributed by atoms with van der Waals surface area (Å²) in [6.45, 7) is 2.31. The van der Waals surface area contributed by atoms with Crippen molar-refractivity contribution in [2.75, 3.05) is 0 Å². The molecule has 6 unspecified atom stereocenters. The second-order valence-electron chi connectivity index (χ2n) is 9.04. The van der Waals surface area contributed by atoms with Gasteiger partial charge in [0.05, 0.1) is 6.10 Å². The molecule has 2 saturated carbocycles. The number of benzene rings is 1. The first-order chi connectivity index (χ1) is 12.8. The summed E-state index contributed by atoms with van der Waals surface area (Å²) in [5.74, 6) is 1.72. The minimum Gasteiger partial charge on any atom is -0.283 e. The highest BCUT2D eigenvalue weighted by atomic mass is 19.4. The van der Waals surface area contributed by atoms with Gasteiger partial charge in [-0.25, -0.2) is 4.39 Å². The molecule has 6 atom stereocenters. The fourth-order valence-corrected chi connectivity index (χ4v) is 6.09. The molecule has 0 aromatic heterocycles. The first-order valence-electron chi connectivity index (χ1n) is 10.3. The number of hydrogen-bond acceptors (Lipinski definition) is 1. The molecule has 3 aliphatic carbocycles. The van der Waals surface area contributed by atoms with E-state index in [1.165, 1.54) is 31.4 Å². The molecule has 27 heavy (non-hydrogen) atoms. The van der Waals surface area contributed by atoms with Gasteiger partial charge in [0.2, 0.25) is 0 Å². The Bertz CT molecular complexity index is 671. The predicted octanol–water partition coefficient (Wildman–Crippen LogP) is 6.82. The highest BCUT2D eigenvalue weighted by Gasteiger charge is 2.45. The Morgan fingerprint density at radius 2 is 1.63 bits per heavy atom. The minimum atomic E-state index is -4.71. The summed E-state index contributed by atoms with van der Waals surface area (Å²) in [5, 5.41) is 0. The van der Waals surface area contributed by atoms with E-state index in [4.69, 9.17) is 0 Å². The number of ether oxygens (including phenoxy) is 1. The second-order valence-corrected chi connectivity index (χ2v) is 9.04. The largest absolute Gasteiger partial charge is 0.523 e.